The SMILES string of the molecule is Cc1cc(OCC(=O)N2CCCCC2C(C)N)ccc1Cl.Cl. The molecule has 2 unspecified atom stereocenters. The van der Waals surface area contributed by atoms with Gasteiger partial charge in [-0.15, -0.1) is 12.4 Å². The summed E-state index contributed by atoms with van der Waals surface area (Å²) >= 11 is 5.97. The van der Waals surface area contributed by atoms with Crippen LogP contribution in [0.25, 0.3) is 0 Å². The molecule has 6 heteroatoms. The molecule has 0 spiro atoms. The topological polar surface area (TPSA) is 55.6 Å². The minimum atomic E-state index is -0.00738. The van der Waals surface area contributed by atoms with E-state index in [2.05, 4.69) is 0 Å². The Hall–Kier alpha value is -0.970. The third-order valence-electron chi connectivity index (χ3n) is 3.97. The highest BCUT2D eigenvalue weighted by Crippen LogP contribution is 2.22. The molecule has 22 heavy (non-hydrogen) atoms. The lowest BCUT2D eigenvalue weighted by atomic mass is 9.97. The van der Waals surface area contributed by atoms with Crippen LogP contribution in [-0.2, 0) is 4.79 Å². The summed E-state index contributed by atoms with van der Waals surface area (Å²) in [5.74, 6) is 0.671. The van der Waals surface area contributed by atoms with Crippen molar-refractivity contribution in [3.8, 4) is 5.75 Å². The molecule has 4 nitrogen and oxygen atoms in total. The molecule has 0 saturated carbocycles. The summed E-state index contributed by atoms with van der Waals surface area (Å²) in [4.78, 5) is 14.2. The Morgan fingerprint density at radius 3 is 2.86 bits per heavy atom. The summed E-state index contributed by atoms with van der Waals surface area (Å²) in [6, 6.07) is 5.52. The molecule has 1 heterocycles. The van der Waals surface area contributed by atoms with Crippen molar-refractivity contribution in [2.45, 2.75) is 45.2 Å². The second-order valence-electron chi connectivity index (χ2n) is 5.71. The van der Waals surface area contributed by atoms with Crippen LogP contribution in [-0.4, -0.2) is 36.0 Å². The quantitative estimate of drug-likeness (QED) is 0.910. The number of nitrogens with zero attached hydrogens (tertiary/aromatic N) is 1. The van der Waals surface area contributed by atoms with Gasteiger partial charge in [0.15, 0.2) is 6.61 Å². The second-order valence-corrected chi connectivity index (χ2v) is 6.12. The Morgan fingerprint density at radius 1 is 1.50 bits per heavy atom. The fraction of sp³-hybridized carbons (Fsp3) is 0.562. The van der Waals surface area contributed by atoms with E-state index in [1.54, 1.807) is 12.1 Å². The third kappa shape index (κ3) is 4.77. The summed E-state index contributed by atoms with van der Waals surface area (Å²) in [6.07, 6.45) is 3.14. The molecule has 124 valence electrons. The Kier molecular flexibility index (Phi) is 7.46. The van der Waals surface area contributed by atoms with Crippen molar-refractivity contribution >= 4 is 29.9 Å². The number of benzene rings is 1. The molecule has 1 aliphatic heterocycles. The van der Waals surface area contributed by atoms with Gasteiger partial charge in [-0.3, -0.25) is 4.79 Å². The van der Waals surface area contributed by atoms with E-state index < -0.39 is 0 Å². The molecule has 0 aliphatic carbocycles. The number of nitrogens with two attached hydrogens (primary N) is 1. The van der Waals surface area contributed by atoms with E-state index in [1.807, 2.05) is 24.8 Å². The fourth-order valence-electron chi connectivity index (χ4n) is 2.75. The molecule has 2 N–H and O–H groups in total. The van der Waals surface area contributed by atoms with Crippen LogP contribution >= 0.6 is 24.0 Å². The predicted octanol–water partition coefficient (Wildman–Crippen LogP) is 3.18. The Bertz CT molecular complexity index is 509. The van der Waals surface area contributed by atoms with Crippen LogP contribution in [0.3, 0.4) is 0 Å². The van der Waals surface area contributed by atoms with Gasteiger partial charge in [0.2, 0.25) is 0 Å². The summed E-state index contributed by atoms with van der Waals surface area (Å²) in [6.45, 7) is 4.69. The minimum Gasteiger partial charge on any atom is -0.484 e. The number of carbonyl (C=O) groups excluding carboxylic acids is 1. The van der Waals surface area contributed by atoms with E-state index >= 15 is 0 Å². The second kappa shape index (κ2) is 8.61. The molecule has 1 saturated heterocycles. The highest BCUT2D eigenvalue weighted by molar-refractivity contribution is 6.31. The van der Waals surface area contributed by atoms with Gasteiger partial charge in [-0.2, -0.15) is 0 Å². The number of piperidine rings is 1. The largest absolute Gasteiger partial charge is 0.484 e. The predicted molar refractivity (Wildman–Crippen MR) is 91.9 cm³/mol. The van der Waals surface area contributed by atoms with Crippen LogP contribution in [0.2, 0.25) is 5.02 Å². The zero-order valence-corrected chi connectivity index (χ0v) is 14.6. The molecule has 0 radical (unpaired) electrons. The number of likely N-dealkylation sites (tertiary alicyclic amines) is 1. The van der Waals surface area contributed by atoms with E-state index in [0.29, 0.717) is 10.8 Å². The third-order valence-corrected chi connectivity index (χ3v) is 4.39. The van der Waals surface area contributed by atoms with E-state index in [0.717, 1.165) is 31.4 Å². The van der Waals surface area contributed by atoms with Gasteiger partial charge in [0.05, 0.1) is 0 Å². The van der Waals surface area contributed by atoms with Gasteiger partial charge in [-0.1, -0.05) is 11.6 Å². The molecule has 1 aliphatic rings. The van der Waals surface area contributed by atoms with Gasteiger partial charge < -0.3 is 15.4 Å². The standard InChI is InChI=1S/C16H23ClN2O2.ClH/c1-11-9-13(6-7-14(11)17)21-10-16(20)19-8-4-3-5-15(19)12(2)18;/h6-7,9,12,15H,3-5,8,10,18H2,1-2H3;1H. The van der Waals surface area contributed by atoms with Gasteiger partial charge in [0.1, 0.15) is 5.75 Å². The van der Waals surface area contributed by atoms with Crippen molar-refractivity contribution in [3.63, 3.8) is 0 Å². The fourth-order valence-corrected chi connectivity index (χ4v) is 2.87. The molecule has 2 atom stereocenters. The highest BCUT2D eigenvalue weighted by atomic mass is 35.5. The number of aryl methyl sites for hydroxylation is 1. The molecule has 1 amide bonds. The van der Waals surface area contributed by atoms with Gasteiger partial charge in [0, 0.05) is 23.7 Å². The Balaban J connectivity index is 0.00000242. The summed E-state index contributed by atoms with van der Waals surface area (Å²) in [5.41, 5.74) is 6.93. The lowest BCUT2D eigenvalue weighted by Gasteiger charge is -2.38. The number of hydrogen-bond donors (Lipinski definition) is 1. The van der Waals surface area contributed by atoms with Crippen LogP contribution in [0.1, 0.15) is 31.7 Å². The van der Waals surface area contributed by atoms with Crippen LogP contribution in [0.15, 0.2) is 18.2 Å². The molecule has 0 bridgehead atoms. The van der Waals surface area contributed by atoms with Crippen molar-refractivity contribution in [3.05, 3.63) is 28.8 Å². The van der Waals surface area contributed by atoms with E-state index in [-0.39, 0.29) is 37.0 Å². The summed E-state index contributed by atoms with van der Waals surface area (Å²) in [7, 11) is 0. The number of rotatable bonds is 4. The van der Waals surface area contributed by atoms with Crippen LogP contribution in [0, 0.1) is 6.92 Å². The van der Waals surface area contributed by atoms with Crippen LogP contribution in [0.4, 0.5) is 0 Å². The minimum absolute atomic E-state index is 0. The Morgan fingerprint density at radius 2 is 2.23 bits per heavy atom. The zero-order valence-electron chi connectivity index (χ0n) is 13.0. The van der Waals surface area contributed by atoms with Gasteiger partial charge in [-0.05, 0) is 56.9 Å². The van der Waals surface area contributed by atoms with Gasteiger partial charge in [-0.25, -0.2) is 0 Å². The van der Waals surface area contributed by atoms with E-state index in [4.69, 9.17) is 22.1 Å². The normalized spacial score (nSPS) is 19.3. The van der Waals surface area contributed by atoms with Crippen LogP contribution in [0.5, 0.6) is 5.75 Å². The maximum Gasteiger partial charge on any atom is 0.260 e. The summed E-state index contributed by atoms with van der Waals surface area (Å²) < 4.78 is 5.59. The van der Waals surface area contributed by atoms with Crippen molar-refractivity contribution in [1.82, 2.24) is 4.90 Å². The van der Waals surface area contributed by atoms with Crippen molar-refractivity contribution in [2.24, 2.45) is 5.73 Å². The number of ether oxygens (including phenoxy) is 1. The first-order valence-corrected chi connectivity index (χ1v) is 7.81. The lowest BCUT2D eigenvalue weighted by molar-refractivity contribution is -0.137. The Labute approximate surface area is 143 Å². The molecular formula is C16H24Cl2N2O2. The number of hydrogen-bond acceptors (Lipinski definition) is 3. The van der Waals surface area contributed by atoms with Crippen molar-refractivity contribution in [2.75, 3.05) is 13.2 Å². The maximum absolute atomic E-state index is 12.4. The van der Waals surface area contributed by atoms with E-state index in [1.165, 1.54) is 0 Å². The van der Waals surface area contributed by atoms with Crippen LogP contribution < -0.4 is 10.5 Å². The number of carbonyl (C=O) groups is 1. The zero-order chi connectivity index (χ0) is 15.4. The molecule has 1 aromatic carbocycles. The van der Waals surface area contributed by atoms with Gasteiger partial charge >= 0.3 is 0 Å². The van der Waals surface area contributed by atoms with E-state index in [9.17, 15) is 4.79 Å². The first-order valence-electron chi connectivity index (χ1n) is 7.43. The maximum atomic E-state index is 12.4. The van der Waals surface area contributed by atoms with Gasteiger partial charge in [0.25, 0.3) is 5.91 Å². The highest BCUT2D eigenvalue weighted by Gasteiger charge is 2.29. The summed E-state index contributed by atoms with van der Waals surface area (Å²) in [5, 5.41) is 0.696. The average molecular weight is 347 g/mol. The van der Waals surface area contributed by atoms with Crippen molar-refractivity contribution < 1.29 is 9.53 Å². The average Bonchev–Trinajstić information content (AvgIpc) is 2.48. The number of halogens is 2. The molecule has 1 fully saturated rings. The monoisotopic (exact) mass is 346 g/mol. The molecular weight excluding hydrogens is 323 g/mol. The lowest BCUT2D eigenvalue weighted by Crippen LogP contribution is -2.52. The first-order chi connectivity index (χ1) is 9.99. The first kappa shape index (κ1) is 19.1. The molecule has 0 aromatic heterocycles. The smallest absolute Gasteiger partial charge is 0.260 e. The van der Waals surface area contributed by atoms with Crippen molar-refractivity contribution in [1.29, 1.82) is 0 Å². The number of amides is 1. The molecule has 1 aromatic rings. The molecule has 2 rings (SSSR count).